The number of hydrogen-bond donors (Lipinski definition) is 1. The first-order valence-corrected chi connectivity index (χ1v) is 15.2. The van der Waals surface area contributed by atoms with Gasteiger partial charge in [0.05, 0.1) is 10.6 Å². The van der Waals surface area contributed by atoms with Crippen LogP contribution in [0.15, 0.2) is 77.7 Å². The number of nitrogens with zero attached hydrogens (tertiary/aromatic N) is 2. The third-order valence-corrected chi connectivity index (χ3v) is 8.72. The number of nitrogens with one attached hydrogen (secondary N) is 1. The molecule has 40 heavy (non-hydrogen) atoms. The molecule has 2 amide bonds. The number of sulfonamides is 1. The molecule has 0 heterocycles. The number of carbonyl (C=O) groups is 2. The molecule has 0 saturated heterocycles. The van der Waals surface area contributed by atoms with Crippen LogP contribution >= 0.6 is 0 Å². The third kappa shape index (κ3) is 7.30. The van der Waals surface area contributed by atoms with Crippen molar-refractivity contribution in [2.45, 2.75) is 77.9 Å². The minimum Gasteiger partial charge on any atom is -0.352 e. The molecule has 0 aliphatic rings. The molecule has 0 aromatic heterocycles. The summed E-state index contributed by atoms with van der Waals surface area (Å²) in [6, 6.07) is 20.7. The van der Waals surface area contributed by atoms with Crippen LogP contribution < -0.4 is 9.62 Å². The van der Waals surface area contributed by atoms with Crippen LogP contribution in [0.5, 0.6) is 0 Å². The number of benzene rings is 3. The van der Waals surface area contributed by atoms with Crippen LogP contribution in [0.25, 0.3) is 0 Å². The highest BCUT2D eigenvalue weighted by Crippen LogP contribution is 2.28. The van der Waals surface area contributed by atoms with E-state index in [0.717, 1.165) is 22.3 Å². The van der Waals surface area contributed by atoms with Gasteiger partial charge in [0.15, 0.2) is 0 Å². The molecule has 0 unspecified atom stereocenters. The molecule has 8 heteroatoms. The molecule has 0 bridgehead atoms. The molecule has 0 aliphatic carbocycles. The topological polar surface area (TPSA) is 86.8 Å². The quantitative estimate of drug-likeness (QED) is 0.320. The lowest BCUT2D eigenvalue weighted by atomic mass is 10.1. The van der Waals surface area contributed by atoms with E-state index in [2.05, 4.69) is 5.32 Å². The monoisotopic (exact) mass is 563 g/mol. The summed E-state index contributed by atoms with van der Waals surface area (Å²) in [5, 5.41) is 2.93. The lowest BCUT2D eigenvalue weighted by Crippen LogP contribution is -2.53. The van der Waals surface area contributed by atoms with E-state index in [1.165, 1.54) is 9.21 Å². The van der Waals surface area contributed by atoms with Gasteiger partial charge in [0.25, 0.3) is 10.0 Å². The average molecular weight is 564 g/mol. The average Bonchev–Trinajstić information content (AvgIpc) is 2.92. The van der Waals surface area contributed by atoms with Crippen LogP contribution in [0.2, 0.25) is 0 Å². The molecule has 3 rings (SSSR count). The predicted octanol–water partition coefficient (Wildman–Crippen LogP) is 5.39. The van der Waals surface area contributed by atoms with Crippen molar-refractivity contribution >= 4 is 27.5 Å². The van der Waals surface area contributed by atoms with Gasteiger partial charge in [-0.25, -0.2) is 8.42 Å². The van der Waals surface area contributed by atoms with E-state index >= 15 is 0 Å². The lowest BCUT2D eigenvalue weighted by molar-refractivity contribution is -0.140. The van der Waals surface area contributed by atoms with Gasteiger partial charge in [0.2, 0.25) is 11.8 Å². The second-order valence-corrected chi connectivity index (χ2v) is 12.2. The highest BCUT2D eigenvalue weighted by atomic mass is 32.2. The van der Waals surface area contributed by atoms with Gasteiger partial charge >= 0.3 is 0 Å². The Kier molecular flexibility index (Phi) is 10.5. The summed E-state index contributed by atoms with van der Waals surface area (Å²) in [7, 11) is -4.10. The standard InChI is InChI=1S/C32H41N3O4S/c1-7-26-14-11-12-16-30(26)35(40(38,39)28-19-17-24(5)18-20-28)22-31(36)34(21-27-15-10-9-13-25(27)6)29(8-2)32(37)33-23(3)4/h9-20,23,29H,7-8,21-22H2,1-6H3,(H,33,37)/t29-/m0/s1. The zero-order chi connectivity index (χ0) is 29.4. The van der Waals surface area contributed by atoms with Gasteiger partial charge in [-0.1, -0.05) is 74.0 Å². The van der Waals surface area contributed by atoms with Gasteiger partial charge in [-0.3, -0.25) is 13.9 Å². The summed E-state index contributed by atoms with van der Waals surface area (Å²) in [5.74, 6) is -0.711. The van der Waals surface area contributed by atoms with Crippen LogP contribution in [0.1, 0.15) is 56.4 Å². The Labute approximate surface area is 239 Å². The fourth-order valence-electron chi connectivity index (χ4n) is 4.68. The normalized spacial score (nSPS) is 12.2. The molecule has 7 nitrogen and oxygen atoms in total. The van der Waals surface area contributed by atoms with Crippen LogP contribution in [0, 0.1) is 13.8 Å². The van der Waals surface area contributed by atoms with E-state index in [-0.39, 0.29) is 23.4 Å². The van der Waals surface area contributed by atoms with Crippen molar-refractivity contribution in [3.63, 3.8) is 0 Å². The number of rotatable bonds is 12. The van der Waals surface area contributed by atoms with Gasteiger partial charge in [-0.2, -0.15) is 0 Å². The zero-order valence-electron chi connectivity index (χ0n) is 24.3. The summed E-state index contributed by atoms with van der Waals surface area (Å²) in [4.78, 5) is 29.1. The lowest BCUT2D eigenvalue weighted by Gasteiger charge is -2.34. The number of anilines is 1. The van der Waals surface area contributed by atoms with Crippen molar-refractivity contribution in [1.29, 1.82) is 0 Å². The second kappa shape index (κ2) is 13.6. The Morgan fingerprint density at radius 1 is 0.850 bits per heavy atom. The van der Waals surface area contributed by atoms with E-state index in [9.17, 15) is 18.0 Å². The first-order chi connectivity index (χ1) is 19.0. The van der Waals surface area contributed by atoms with Gasteiger partial charge in [0.1, 0.15) is 12.6 Å². The number of para-hydroxylation sites is 1. The zero-order valence-corrected chi connectivity index (χ0v) is 25.2. The molecule has 214 valence electrons. The highest BCUT2D eigenvalue weighted by molar-refractivity contribution is 7.92. The first kappa shape index (κ1) is 30.9. The molecule has 1 N–H and O–H groups in total. The Balaban J connectivity index is 2.11. The molecule has 3 aromatic rings. The van der Waals surface area contributed by atoms with E-state index in [1.807, 2.05) is 77.9 Å². The maximum Gasteiger partial charge on any atom is 0.264 e. The molecule has 0 saturated carbocycles. The van der Waals surface area contributed by atoms with Crippen molar-refractivity contribution in [2.75, 3.05) is 10.8 Å². The predicted molar refractivity (Wildman–Crippen MR) is 161 cm³/mol. The van der Waals surface area contributed by atoms with Crippen LogP contribution in [0.4, 0.5) is 5.69 Å². The fraction of sp³-hybridized carbons (Fsp3) is 0.375. The molecular formula is C32H41N3O4S. The summed E-state index contributed by atoms with van der Waals surface area (Å²) in [6.07, 6.45) is 0.970. The van der Waals surface area contributed by atoms with E-state index < -0.39 is 28.5 Å². The van der Waals surface area contributed by atoms with Gasteiger partial charge in [-0.05, 0) is 75.4 Å². The van der Waals surface area contributed by atoms with Crippen LogP contribution in [-0.4, -0.2) is 43.8 Å². The highest BCUT2D eigenvalue weighted by Gasteiger charge is 2.34. The van der Waals surface area contributed by atoms with Gasteiger partial charge < -0.3 is 10.2 Å². The van der Waals surface area contributed by atoms with Crippen molar-refractivity contribution in [2.24, 2.45) is 0 Å². The minimum absolute atomic E-state index is 0.104. The number of hydrogen-bond acceptors (Lipinski definition) is 4. The second-order valence-electron chi connectivity index (χ2n) is 10.3. The van der Waals surface area contributed by atoms with Crippen LogP contribution in [-0.2, 0) is 32.6 Å². The molecular weight excluding hydrogens is 522 g/mol. The van der Waals surface area contributed by atoms with E-state index in [1.54, 1.807) is 36.4 Å². The van der Waals surface area contributed by atoms with Crippen molar-refractivity contribution in [1.82, 2.24) is 10.2 Å². The van der Waals surface area contributed by atoms with Gasteiger partial charge in [0, 0.05) is 12.6 Å². The Hall–Kier alpha value is -3.65. The molecule has 0 radical (unpaired) electrons. The van der Waals surface area contributed by atoms with Crippen molar-refractivity contribution < 1.29 is 18.0 Å². The largest absolute Gasteiger partial charge is 0.352 e. The Bertz CT molecular complexity index is 1420. The molecule has 0 spiro atoms. The number of carbonyl (C=O) groups excluding carboxylic acids is 2. The maximum absolute atomic E-state index is 14.2. The summed E-state index contributed by atoms with van der Waals surface area (Å²) < 4.78 is 29.3. The first-order valence-electron chi connectivity index (χ1n) is 13.8. The minimum atomic E-state index is -4.10. The molecule has 0 fully saturated rings. The Morgan fingerprint density at radius 2 is 1.45 bits per heavy atom. The Morgan fingerprint density at radius 3 is 2.02 bits per heavy atom. The van der Waals surface area contributed by atoms with Crippen molar-refractivity contribution in [3.8, 4) is 0 Å². The molecule has 1 atom stereocenters. The molecule has 3 aromatic carbocycles. The summed E-state index contributed by atoms with van der Waals surface area (Å²) in [5.41, 5.74) is 4.07. The molecule has 0 aliphatic heterocycles. The van der Waals surface area contributed by atoms with E-state index in [0.29, 0.717) is 18.5 Å². The summed E-state index contributed by atoms with van der Waals surface area (Å²) in [6.45, 7) is 11.1. The van der Waals surface area contributed by atoms with Gasteiger partial charge in [-0.15, -0.1) is 0 Å². The number of amides is 2. The summed E-state index contributed by atoms with van der Waals surface area (Å²) >= 11 is 0. The SMILES string of the molecule is CCc1ccccc1N(CC(=O)N(Cc1ccccc1C)[C@@H](CC)C(=O)NC(C)C)S(=O)(=O)c1ccc(C)cc1. The van der Waals surface area contributed by atoms with E-state index in [4.69, 9.17) is 0 Å². The fourth-order valence-corrected chi connectivity index (χ4v) is 6.13. The number of aryl methyl sites for hydroxylation is 3. The van der Waals surface area contributed by atoms with Crippen LogP contribution in [0.3, 0.4) is 0 Å². The maximum atomic E-state index is 14.2. The van der Waals surface area contributed by atoms with Crippen molar-refractivity contribution in [3.05, 3.63) is 95.1 Å². The smallest absolute Gasteiger partial charge is 0.264 e. The third-order valence-electron chi connectivity index (χ3n) is 6.95.